The number of carbonyl (C=O) groups is 1. The topological polar surface area (TPSA) is 41.6 Å². The number of nitrogens with one attached hydrogen (secondary N) is 1. The summed E-state index contributed by atoms with van der Waals surface area (Å²) in [6, 6.07) is 9.15. The molecule has 4 heteroatoms. The van der Waals surface area contributed by atoms with Crippen LogP contribution in [-0.2, 0) is 11.3 Å². The molecule has 2 aliphatic rings. The first-order chi connectivity index (χ1) is 9.74. The van der Waals surface area contributed by atoms with Crippen LogP contribution in [0.1, 0.15) is 35.2 Å². The number of nitrogens with zero attached hydrogens (tertiary/aromatic N) is 1. The Balaban J connectivity index is 1.61. The van der Waals surface area contributed by atoms with Gasteiger partial charge in [0.05, 0.1) is 12.7 Å². The van der Waals surface area contributed by atoms with Crippen LogP contribution in [0.3, 0.4) is 0 Å². The summed E-state index contributed by atoms with van der Waals surface area (Å²) in [5.41, 5.74) is 1.88. The zero-order valence-electron chi connectivity index (χ0n) is 12.0. The van der Waals surface area contributed by atoms with Crippen molar-refractivity contribution in [3.63, 3.8) is 0 Å². The molecule has 0 aliphatic carbocycles. The molecule has 4 nitrogen and oxygen atoms in total. The number of methoxy groups -OCH3 is 1. The molecular formula is C16H22N2O2. The highest BCUT2D eigenvalue weighted by Crippen LogP contribution is 2.21. The number of likely N-dealkylation sites (tertiary alicyclic amines) is 1. The molecule has 2 aliphatic heterocycles. The summed E-state index contributed by atoms with van der Waals surface area (Å²) in [6.07, 6.45) is 3.89. The highest BCUT2D eigenvalue weighted by molar-refractivity contribution is 5.89. The third-order valence-electron chi connectivity index (χ3n) is 4.39. The van der Waals surface area contributed by atoms with Gasteiger partial charge in [0.2, 0.25) is 0 Å². The molecule has 108 valence electrons. The van der Waals surface area contributed by atoms with Crippen molar-refractivity contribution in [2.24, 2.45) is 0 Å². The van der Waals surface area contributed by atoms with Crippen LogP contribution in [0.15, 0.2) is 24.3 Å². The lowest BCUT2D eigenvalue weighted by molar-refractivity contribution is 0.0600. The summed E-state index contributed by atoms with van der Waals surface area (Å²) in [5, 5.41) is 3.70. The van der Waals surface area contributed by atoms with E-state index in [0.717, 1.165) is 25.7 Å². The Morgan fingerprint density at radius 1 is 1.25 bits per heavy atom. The van der Waals surface area contributed by atoms with Gasteiger partial charge in [0, 0.05) is 31.7 Å². The molecule has 1 aromatic rings. The lowest BCUT2D eigenvalue weighted by Crippen LogP contribution is -2.34. The molecular weight excluding hydrogens is 252 g/mol. The Morgan fingerprint density at radius 2 is 2.00 bits per heavy atom. The van der Waals surface area contributed by atoms with Crippen molar-refractivity contribution in [2.45, 2.75) is 37.9 Å². The average Bonchev–Trinajstić information content (AvgIpc) is 2.81. The molecule has 0 saturated carbocycles. The smallest absolute Gasteiger partial charge is 0.337 e. The molecule has 0 spiro atoms. The van der Waals surface area contributed by atoms with Crippen LogP contribution in [0.4, 0.5) is 0 Å². The van der Waals surface area contributed by atoms with Crippen molar-refractivity contribution < 1.29 is 9.53 Å². The average molecular weight is 274 g/mol. The highest BCUT2D eigenvalue weighted by atomic mass is 16.5. The van der Waals surface area contributed by atoms with Crippen LogP contribution in [-0.4, -0.2) is 43.2 Å². The van der Waals surface area contributed by atoms with Crippen LogP contribution in [0.5, 0.6) is 0 Å². The lowest BCUT2D eigenvalue weighted by Gasteiger charge is -2.24. The van der Waals surface area contributed by atoms with Crippen molar-refractivity contribution in [1.29, 1.82) is 0 Å². The van der Waals surface area contributed by atoms with Gasteiger partial charge in [-0.05, 0) is 37.0 Å². The summed E-state index contributed by atoms with van der Waals surface area (Å²) in [5.74, 6) is -0.271. The maximum atomic E-state index is 11.4. The predicted molar refractivity (Wildman–Crippen MR) is 77.6 cm³/mol. The summed E-state index contributed by atoms with van der Waals surface area (Å²) in [6.45, 7) is 3.26. The van der Waals surface area contributed by atoms with E-state index in [4.69, 9.17) is 4.74 Å². The third kappa shape index (κ3) is 3.02. The van der Waals surface area contributed by atoms with Crippen LogP contribution >= 0.6 is 0 Å². The molecule has 0 amide bonds. The summed E-state index contributed by atoms with van der Waals surface area (Å²) in [7, 11) is 1.41. The molecule has 0 aromatic heterocycles. The van der Waals surface area contributed by atoms with Gasteiger partial charge in [-0.2, -0.15) is 0 Å². The molecule has 2 saturated heterocycles. The molecule has 0 radical (unpaired) electrons. The maximum Gasteiger partial charge on any atom is 0.337 e. The zero-order valence-corrected chi connectivity index (χ0v) is 12.0. The van der Waals surface area contributed by atoms with Crippen molar-refractivity contribution >= 4 is 5.97 Å². The van der Waals surface area contributed by atoms with Gasteiger partial charge in [-0.1, -0.05) is 12.1 Å². The van der Waals surface area contributed by atoms with E-state index in [-0.39, 0.29) is 5.97 Å². The first-order valence-electron chi connectivity index (χ1n) is 7.40. The molecule has 2 heterocycles. The SMILES string of the molecule is COC(=O)c1ccc(CN2CCC3CCC(C2)N3)cc1. The summed E-state index contributed by atoms with van der Waals surface area (Å²) >= 11 is 0. The molecule has 2 fully saturated rings. The zero-order chi connectivity index (χ0) is 13.9. The van der Waals surface area contributed by atoms with Crippen molar-refractivity contribution in [1.82, 2.24) is 10.2 Å². The van der Waals surface area contributed by atoms with Gasteiger partial charge in [-0.3, -0.25) is 4.90 Å². The molecule has 1 aromatic carbocycles. The number of esters is 1. The minimum Gasteiger partial charge on any atom is -0.465 e. The molecule has 1 N–H and O–H groups in total. The first-order valence-corrected chi connectivity index (χ1v) is 7.40. The fraction of sp³-hybridized carbons (Fsp3) is 0.562. The van der Waals surface area contributed by atoms with E-state index in [1.54, 1.807) is 0 Å². The van der Waals surface area contributed by atoms with Crippen molar-refractivity contribution in [2.75, 3.05) is 20.2 Å². The Kier molecular flexibility index (Phi) is 4.03. The largest absolute Gasteiger partial charge is 0.465 e. The number of fused-ring (bicyclic) bond motifs is 2. The third-order valence-corrected chi connectivity index (χ3v) is 4.39. The van der Waals surface area contributed by atoms with Crippen molar-refractivity contribution in [3.8, 4) is 0 Å². The highest BCUT2D eigenvalue weighted by Gasteiger charge is 2.28. The number of hydrogen-bond acceptors (Lipinski definition) is 4. The van der Waals surface area contributed by atoms with E-state index in [0.29, 0.717) is 11.6 Å². The first kappa shape index (κ1) is 13.6. The van der Waals surface area contributed by atoms with E-state index in [9.17, 15) is 4.79 Å². The summed E-state index contributed by atoms with van der Waals surface area (Å²) < 4.78 is 4.72. The Morgan fingerprint density at radius 3 is 2.75 bits per heavy atom. The standard InChI is InChI=1S/C16H22N2O2/c1-20-16(19)13-4-2-12(3-5-13)10-18-9-8-14-6-7-15(11-18)17-14/h2-5,14-15,17H,6-11H2,1H3. The Hall–Kier alpha value is -1.39. The van der Waals surface area contributed by atoms with Crippen molar-refractivity contribution in [3.05, 3.63) is 35.4 Å². The molecule has 2 unspecified atom stereocenters. The Bertz CT molecular complexity index is 472. The van der Waals surface area contributed by atoms with Crippen LogP contribution < -0.4 is 5.32 Å². The number of hydrogen-bond donors (Lipinski definition) is 1. The second kappa shape index (κ2) is 5.94. The number of benzene rings is 1. The minimum absolute atomic E-state index is 0.271. The van der Waals surface area contributed by atoms with Gasteiger partial charge in [-0.25, -0.2) is 4.79 Å². The molecule has 2 bridgehead atoms. The van der Waals surface area contributed by atoms with E-state index >= 15 is 0 Å². The molecule has 3 rings (SSSR count). The van der Waals surface area contributed by atoms with Gasteiger partial charge in [0.25, 0.3) is 0 Å². The normalized spacial score (nSPS) is 26.2. The quantitative estimate of drug-likeness (QED) is 0.853. The fourth-order valence-corrected chi connectivity index (χ4v) is 3.28. The maximum absolute atomic E-state index is 11.4. The van der Waals surface area contributed by atoms with Gasteiger partial charge >= 0.3 is 5.97 Å². The second-order valence-corrected chi connectivity index (χ2v) is 5.85. The van der Waals surface area contributed by atoms with Gasteiger partial charge in [0.15, 0.2) is 0 Å². The molecule has 2 atom stereocenters. The second-order valence-electron chi connectivity index (χ2n) is 5.85. The number of ether oxygens (including phenoxy) is 1. The van der Waals surface area contributed by atoms with Crippen LogP contribution in [0.25, 0.3) is 0 Å². The molecule has 20 heavy (non-hydrogen) atoms. The van der Waals surface area contributed by atoms with E-state index in [1.165, 1.54) is 31.9 Å². The number of carbonyl (C=O) groups excluding carboxylic acids is 1. The minimum atomic E-state index is -0.271. The van der Waals surface area contributed by atoms with Gasteiger partial charge < -0.3 is 10.1 Å². The van der Waals surface area contributed by atoms with Crippen LogP contribution in [0, 0.1) is 0 Å². The van der Waals surface area contributed by atoms with E-state index in [1.807, 2.05) is 24.3 Å². The monoisotopic (exact) mass is 274 g/mol. The predicted octanol–water partition coefficient (Wildman–Crippen LogP) is 1.80. The fourth-order valence-electron chi connectivity index (χ4n) is 3.28. The lowest BCUT2D eigenvalue weighted by atomic mass is 10.1. The van der Waals surface area contributed by atoms with Gasteiger partial charge in [0.1, 0.15) is 0 Å². The summed E-state index contributed by atoms with van der Waals surface area (Å²) in [4.78, 5) is 13.9. The van der Waals surface area contributed by atoms with E-state index < -0.39 is 0 Å². The van der Waals surface area contributed by atoms with E-state index in [2.05, 4.69) is 10.2 Å². The Labute approximate surface area is 120 Å². The van der Waals surface area contributed by atoms with Gasteiger partial charge in [-0.15, -0.1) is 0 Å². The number of rotatable bonds is 3. The van der Waals surface area contributed by atoms with Crippen LogP contribution in [0.2, 0.25) is 0 Å².